The molecule has 1 aromatic carbocycles. The van der Waals surface area contributed by atoms with Crippen LogP contribution in [0.25, 0.3) is 0 Å². The number of nitrogens with zero attached hydrogens (tertiary/aromatic N) is 1. The molecule has 0 radical (unpaired) electrons. The van der Waals surface area contributed by atoms with Crippen molar-refractivity contribution in [1.82, 2.24) is 0 Å². The fourth-order valence-corrected chi connectivity index (χ4v) is 2.01. The van der Waals surface area contributed by atoms with Crippen LogP contribution < -0.4 is 20.5 Å². The van der Waals surface area contributed by atoms with Gasteiger partial charge in [0.25, 0.3) is 0 Å². The molecule has 1 aliphatic rings. The summed E-state index contributed by atoms with van der Waals surface area (Å²) in [6, 6.07) is 5.48. The largest absolute Gasteiger partial charge is 0.493 e. The van der Waals surface area contributed by atoms with Gasteiger partial charge in [0.15, 0.2) is 17.5 Å². The Kier molecular flexibility index (Phi) is 8.03. The Bertz CT molecular complexity index is 547. The second kappa shape index (κ2) is 9.52. The minimum atomic E-state index is 0. The molecule has 7 heteroatoms. The van der Waals surface area contributed by atoms with Crippen molar-refractivity contribution in [2.45, 2.75) is 6.42 Å². The van der Waals surface area contributed by atoms with Gasteiger partial charge in [0.1, 0.15) is 0 Å². The van der Waals surface area contributed by atoms with Crippen LogP contribution in [0.3, 0.4) is 0 Å². The van der Waals surface area contributed by atoms with E-state index in [0.29, 0.717) is 30.6 Å². The summed E-state index contributed by atoms with van der Waals surface area (Å²) >= 11 is 0. The van der Waals surface area contributed by atoms with Crippen LogP contribution >= 0.6 is 24.0 Å². The van der Waals surface area contributed by atoms with E-state index in [9.17, 15) is 0 Å². The molecule has 0 spiro atoms. The molecule has 1 aromatic rings. The third-order valence-electron chi connectivity index (χ3n) is 3.09. The van der Waals surface area contributed by atoms with Gasteiger partial charge in [-0.2, -0.15) is 0 Å². The first kappa shape index (κ1) is 18.6. The molecule has 0 aliphatic carbocycles. The van der Waals surface area contributed by atoms with Crippen LogP contribution in [0.5, 0.6) is 11.5 Å². The van der Waals surface area contributed by atoms with Crippen molar-refractivity contribution in [3.8, 4) is 11.5 Å². The maximum absolute atomic E-state index is 5.88. The number of anilines is 1. The predicted octanol–water partition coefficient (Wildman–Crippen LogP) is 2.40. The number of halogens is 1. The standard InChI is InChI=1S/C15H21N3O3.HI/c1-19-13-6-5-12(8-14(13)20-2)18-15(16)17-9-11-4-3-7-21-10-11;/h4-6,8H,3,7,9-10H2,1-2H3,(H3,16,17,18);1H. The summed E-state index contributed by atoms with van der Waals surface area (Å²) in [5.41, 5.74) is 7.83. The Hall–Kier alpha value is -1.48. The third kappa shape index (κ3) is 5.38. The SMILES string of the molecule is COc1ccc(NC(N)=NCC2=CCCOC2)cc1OC.I. The molecule has 0 fully saturated rings. The van der Waals surface area contributed by atoms with Crippen molar-refractivity contribution in [2.24, 2.45) is 10.7 Å². The number of methoxy groups -OCH3 is 2. The molecule has 0 unspecified atom stereocenters. The molecule has 0 atom stereocenters. The summed E-state index contributed by atoms with van der Waals surface area (Å²) in [6.45, 7) is 1.96. The average Bonchev–Trinajstić information content (AvgIpc) is 2.53. The lowest BCUT2D eigenvalue weighted by Gasteiger charge is -2.13. The minimum Gasteiger partial charge on any atom is -0.493 e. The quantitative estimate of drug-likeness (QED) is 0.332. The van der Waals surface area contributed by atoms with Crippen LogP contribution in [0.15, 0.2) is 34.8 Å². The summed E-state index contributed by atoms with van der Waals surface area (Å²) in [5.74, 6) is 1.66. The van der Waals surface area contributed by atoms with Gasteiger partial charge in [-0.3, -0.25) is 0 Å². The maximum atomic E-state index is 5.88. The molecule has 2 rings (SSSR count). The number of rotatable bonds is 5. The molecule has 0 aromatic heterocycles. The topological polar surface area (TPSA) is 78.1 Å². The highest BCUT2D eigenvalue weighted by Gasteiger charge is 2.06. The van der Waals surface area contributed by atoms with Crippen molar-refractivity contribution in [3.05, 3.63) is 29.8 Å². The van der Waals surface area contributed by atoms with Gasteiger partial charge in [-0.15, -0.1) is 24.0 Å². The summed E-state index contributed by atoms with van der Waals surface area (Å²) in [7, 11) is 3.19. The van der Waals surface area contributed by atoms with E-state index in [1.54, 1.807) is 14.2 Å². The fraction of sp³-hybridized carbons (Fsp3) is 0.400. The second-order valence-corrected chi connectivity index (χ2v) is 4.60. The molecule has 6 nitrogen and oxygen atoms in total. The molecule has 0 bridgehead atoms. The zero-order valence-corrected chi connectivity index (χ0v) is 15.1. The van der Waals surface area contributed by atoms with Crippen LogP contribution in [-0.4, -0.2) is 39.9 Å². The molecule has 0 saturated heterocycles. The van der Waals surface area contributed by atoms with Crippen LogP contribution in [0.4, 0.5) is 5.69 Å². The first-order valence-corrected chi connectivity index (χ1v) is 6.77. The third-order valence-corrected chi connectivity index (χ3v) is 3.09. The number of ether oxygens (including phenoxy) is 3. The summed E-state index contributed by atoms with van der Waals surface area (Å²) in [4.78, 5) is 4.30. The minimum absolute atomic E-state index is 0. The summed E-state index contributed by atoms with van der Waals surface area (Å²) < 4.78 is 15.8. The maximum Gasteiger partial charge on any atom is 0.193 e. The smallest absolute Gasteiger partial charge is 0.193 e. The zero-order chi connectivity index (χ0) is 15.1. The molecule has 0 amide bonds. The normalized spacial score (nSPS) is 14.6. The van der Waals surface area contributed by atoms with Crippen LogP contribution in [-0.2, 0) is 4.74 Å². The lowest BCUT2D eigenvalue weighted by Crippen LogP contribution is -2.23. The van der Waals surface area contributed by atoms with Crippen molar-refractivity contribution >= 4 is 35.6 Å². The summed E-state index contributed by atoms with van der Waals surface area (Å²) in [6.07, 6.45) is 3.09. The van der Waals surface area contributed by atoms with Crippen molar-refractivity contribution in [1.29, 1.82) is 0 Å². The number of nitrogens with two attached hydrogens (primary N) is 1. The Morgan fingerprint density at radius 2 is 2.09 bits per heavy atom. The molecular weight excluding hydrogens is 397 g/mol. The molecule has 0 saturated carbocycles. The van der Waals surface area contributed by atoms with E-state index in [-0.39, 0.29) is 24.0 Å². The van der Waals surface area contributed by atoms with Crippen molar-refractivity contribution < 1.29 is 14.2 Å². The number of hydrogen-bond acceptors (Lipinski definition) is 4. The van der Waals surface area contributed by atoms with Crippen LogP contribution in [0.2, 0.25) is 0 Å². The van der Waals surface area contributed by atoms with Gasteiger partial charge >= 0.3 is 0 Å². The van der Waals surface area contributed by atoms with Gasteiger partial charge < -0.3 is 25.3 Å². The van der Waals surface area contributed by atoms with E-state index in [2.05, 4.69) is 16.4 Å². The Labute approximate surface area is 147 Å². The number of benzene rings is 1. The number of nitrogens with one attached hydrogen (secondary N) is 1. The van der Waals surface area contributed by atoms with Gasteiger partial charge in [-0.25, -0.2) is 4.99 Å². The van der Waals surface area contributed by atoms with Crippen LogP contribution in [0.1, 0.15) is 6.42 Å². The fourth-order valence-electron chi connectivity index (χ4n) is 2.01. The van der Waals surface area contributed by atoms with E-state index in [0.717, 1.165) is 24.3 Å². The van der Waals surface area contributed by atoms with Gasteiger partial charge in [0.05, 0.1) is 34.0 Å². The van der Waals surface area contributed by atoms with Crippen molar-refractivity contribution in [3.63, 3.8) is 0 Å². The van der Waals surface area contributed by atoms with Gasteiger partial charge in [-0.05, 0) is 24.1 Å². The van der Waals surface area contributed by atoms with Gasteiger partial charge in [0, 0.05) is 11.8 Å². The lowest BCUT2D eigenvalue weighted by molar-refractivity contribution is 0.150. The number of hydrogen-bond donors (Lipinski definition) is 2. The monoisotopic (exact) mass is 419 g/mol. The first-order valence-electron chi connectivity index (χ1n) is 6.77. The molecule has 1 heterocycles. The van der Waals surface area contributed by atoms with Gasteiger partial charge in [0.2, 0.25) is 0 Å². The molecular formula is C15H22IN3O3. The Balaban J connectivity index is 0.00000242. The Morgan fingerprint density at radius 3 is 2.73 bits per heavy atom. The second-order valence-electron chi connectivity index (χ2n) is 4.60. The van der Waals surface area contributed by atoms with E-state index >= 15 is 0 Å². The summed E-state index contributed by atoms with van der Waals surface area (Å²) in [5, 5.41) is 3.03. The Morgan fingerprint density at radius 1 is 1.32 bits per heavy atom. The van der Waals surface area contributed by atoms with E-state index in [1.807, 2.05) is 18.2 Å². The lowest BCUT2D eigenvalue weighted by atomic mass is 10.2. The number of guanidine groups is 1. The van der Waals surface area contributed by atoms with Crippen molar-refractivity contribution in [2.75, 3.05) is 39.3 Å². The van der Waals surface area contributed by atoms with E-state index in [4.69, 9.17) is 19.9 Å². The highest BCUT2D eigenvalue weighted by atomic mass is 127. The molecule has 22 heavy (non-hydrogen) atoms. The zero-order valence-electron chi connectivity index (χ0n) is 12.8. The predicted molar refractivity (Wildman–Crippen MR) is 98.6 cm³/mol. The highest BCUT2D eigenvalue weighted by Crippen LogP contribution is 2.29. The number of aliphatic imine (C=N–C) groups is 1. The van der Waals surface area contributed by atoms with Crippen LogP contribution in [0, 0.1) is 0 Å². The van der Waals surface area contributed by atoms with E-state index < -0.39 is 0 Å². The molecule has 122 valence electrons. The molecule has 1 aliphatic heterocycles. The molecule has 3 N–H and O–H groups in total. The van der Waals surface area contributed by atoms with Gasteiger partial charge in [-0.1, -0.05) is 6.08 Å². The van der Waals surface area contributed by atoms with E-state index in [1.165, 1.54) is 0 Å². The highest BCUT2D eigenvalue weighted by molar-refractivity contribution is 14.0. The first-order chi connectivity index (χ1) is 10.2. The average molecular weight is 419 g/mol.